The highest BCUT2D eigenvalue weighted by atomic mass is 32.2. The number of ether oxygens (including phenoxy) is 1. The molecule has 1 aliphatic carbocycles. The molecule has 1 fully saturated rings. The first kappa shape index (κ1) is 14.7. The highest BCUT2D eigenvalue weighted by Crippen LogP contribution is 2.41. The molecule has 0 heterocycles. The minimum Gasteiger partial charge on any atom is -0.486 e. The van der Waals surface area contributed by atoms with Gasteiger partial charge in [0.1, 0.15) is 11.4 Å². The molecule has 2 rings (SSSR count). The Labute approximate surface area is 121 Å². The van der Waals surface area contributed by atoms with E-state index >= 15 is 0 Å². The minimum absolute atomic E-state index is 0.0771. The number of hydrogen-bond acceptors (Lipinski definition) is 3. The molecule has 0 spiro atoms. The van der Waals surface area contributed by atoms with Crippen molar-refractivity contribution in [3.8, 4) is 5.75 Å². The fourth-order valence-electron chi connectivity index (χ4n) is 2.50. The number of thioether (sulfide) groups is 1. The average molecular weight is 279 g/mol. The van der Waals surface area contributed by atoms with Crippen LogP contribution in [0.5, 0.6) is 5.75 Å². The Bertz CT molecular complexity index is 401. The van der Waals surface area contributed by atoms with Gasteiger partial charge in [0.15, 0.2) is 0 Å². The highest BCUT2D eigenvalue weighted by Gasteiger charge is 2.39. The molecule has 0 radical (unpaired) electrons. The molecule has 1 saturated carbocycles. The van der Waals surface area contributed by atoms with Gasteiger partial charge in [-0.15, -0.1) is 11.8 Å². The van der Waals surface area contributed by atoms with E-state index in [-0.39, 0.29) is 5.60 Å². The van der Waals surface area contributed by atoms with Gasteiger partial charge in [-0.25, -0.2) is 0 Å². The van der Waals surface area contributed by atoms with E-state index in [2.05, 4.69) is 49.7 Å². The molecular weight excluding hydrogens is 254 g/mol. The standard InChI is InChI=1S/C16H25NOS/c1-13(2)17-12-11-16(9-6-10-16)18-14-7-4-5-8-15(14)19-3/h4-5,7-8,13,17H,6,9-12H2,1-3H3. The average Bonchev–Trinajstić information content (AvgIpc) is 2.35. The second-order valence-electron chi connectivity index (χ2n) is 5.65. The molecule has 0 saturated heterocycles. The maximum Gasteiger partial charge on any atom is 0.133 e. The summed E-state index contributed by atoms with van der Waals surface area (Å²) in [6, 6.07) is 8.93. The van der Waals surface area contributed by atoms with Gasteiger partial charge < -0.3 is 10.1 Å². The normalized spacial score (nSPS) is 17.3. The molecule has 0 aromatic heterocycles. The lowest BCUT2D eigenvalue weighted by Crippen LogP contribution is -2.46. The smallest absolute Gasteiger partial charge is 0.133 e. The lowest BCUT2D eigenvalue weighted by atomic mass is 9.77. The maximum absolute atomic E-state index is 6.38. The van der Waals surface area contributed by atoms with Crippen molar-refractivity contribution in [2.75, 3.05) is 12.8 Å². The maximum atomic E-state index is 6.38. The Hall–Kier alpha value is -0.670. The van der Waals surface area contributed by atoms with Crippen LogP contribution in [0, 0.1) is 0 Å². The Kier molecular flexibility index (Phi) is 5.17. The van der Waals surface area contributed by atoms with E-state index in [9.17, 15) is 0 Å². The topological polar surface area (TPSA) is 21.3 Å². The molecule has 106 valence electrons. The van der Waals surface area contributed by atoms with E-state index in [0.29, 0.717) is 6.04 Å². The molecule has 1 aromatic rings. The van der Waals surface area contributed by atoms with Crippen LogP contribution in [-0.2, 0) is 0 Å². The Morgan fingerprint density at radius 2 is 2.05 bits per heavy atom. The van der Waals surface area contributed by atoms with Gasteiger partial charge in [0.25, 0.3) is 0 Å². The lowest BCUT2D eigenvalue weighted by Gasteiger charge is -2.42. The molecule has 0 unspecified atom stereocenters. The van der Waals surface area contributed by atoms with E-state index in [0.717, 1.165) is 18.7 Å². The molecular formula is C16H25NOS. The first-order valence-corrected chi connectivity index (χ1v) is 8.43. The number of hydrogen-bond donors (Lipinski definition) is 1. The van der Waals surface area contributed by atoms with E-state index < -0.39 is 0 Å². The van der Waals surface area contributed by atoms with Gasteiger partial charge in [-0.1, -0.05) is 26.0 Å². The molecule has 1 aliphatic rings. The predicted octanol–water partition coefficient (Wildman–Crippen LogP) is 4.10. The summed E-state index contributed by atoms with van der Waals surface area (Å²) in [5, 5.41) is 3.50. The summed E-state index contributed by atoms with van der Waals surface area (Å²) in [5.74, 6) is 1.05. The Morgan fingerprint density at radius 1 is 1.32 bits per heavy atom. The summed E-state index contributed by atoms with van der Waals surface area (Å²) in [6.45, 7) is 5.42. The predicted molar refractivity (Wildman–Crippen MR) is 83.2 cm³/mol. The third-order valence-electron chi connectivity index (χ3n) is 3.79. The molecule has 1 N–H and O–H groups in total. The van der Waals surface area contributed by atoms with Crippen LogP contribution in [0.1, 0.15) is 39.5 Å². The Balaban J connectivity index is 1.98. The third-order valence-corrected chi connectivity index (χ3v) is 4.57. The van der Waals surface area contributed by atoms with E-state index in [4.69, 9.17) is 4.74 Å². The van der Waals surface area contributed by atoms with Crippen LogP contribution < -0.4 is 10.1 Å². The highest BCUT2D eigenvalue weighted by molar-refractivity contribution is 7.98. The van der Waals surface area contributed by atoms with Crippen LogP contribution >= 0.6 is 11.8 Å². The number of benzene rings is 1. The van der Waals surface area contributed by atoms with Gasteiger partial charge in [0, 0.05) is 10.9 Å². The molecule has 2 nitrogen and oxygen atoms in total. The summed E-state index contributed by atoms with van der Waals surface area (Å²) in [4.78, 5) is 1.24. The monoisotopic (exact) mass is 279 g/mol. The summed E-state index contributed by atoms with van der Waals surface area (Å²) in [5.41, 5.74) is 0.0771. The summed E-state index contributed by atoms with van der Waals surface area (Å²) in [7, 11) is 0. The van der Waals surface area contributed by atoms with E-state index in [1.807, 2.05) is 0 Å². The van der Waals surface area contributed by atoms with Crippen molar-refractivity contribution < 1.29 is 4.74 Å². The quantitative estimate of drug-likeness (QED) is 0.759. The Morgan fingerprint density at radius 3 is 2.63 bits per heavy atom. The largest absolute Gasteiger partial charge is 0.486 e. The number of rotatable bonds is 7. The third kappa shape index (κ3) is 3.90. The van der Waals surface area contributed by atoms with Crippen LogP contribution in [0.15, 0.2) is 29.2 Å². The molecule has 19 heavy (non-hydrogen) atoms. The van der Waals surface area contributed by atoms with Crippen LogP contribution in [-0.4, -0.2) is 24.4 Å². The van der Waals surface area contributed by atoms with E-state index in [1.165, 1.54) is 24.2 Å². The van der Waals surface area contributed by atoms with E-state index in [1.54, 1.807) is 11.8 Å². The number of para-hydroxylation sites is 1. The summed E-state index contributed by atoms with van der Waals surface area (Å²) in [6.07, 6.45) is 6.89. The first-order valence-electron chi connectivity index (χ1n) is 7.21. The van der Waals surface area contributed by atoms with Gasteiger partial charge in [-0.05, 0) is 50.6 Å². The number of nitrogens with one attached hydrogen (secondary N) is 1. The van der Waals surface area contributed by atoms with Gasteiger partial charge in [0.2, 0.25) is 0 Å². The fourth-order valence-corrected chi connectivity index (χ4v) is 3.02. The molecule has 3 heteroatoms. The second kappa shape index (κ2) is 6.67. The van der Waals surface area contributed by atoms with Crippen molar-refractivity contribution in [1.29, 1.82) is 0 Å². The van der Waals surface area contributed by atoms with Crippen LogP contribution in [0.25, 0.3) is 0 Å². The minimum atomic E-state index is 0.0771. The molecule has 0 aliphatic heterocycles. The van der Waals surface area contributed by atoms with Gasteiger partial charge in [0.05, 0.1) is 0 Å². The van der Waals surface area contributed by atoms with Crippen molar-refractivity contribution >= 4 is 11.8 Å². The zero-order valence-electron chi connectivity index (χ0n) is 12.2. The fraction of sp³-hybridized carbons (Fsp3) is 0.625. The van der Waals surface area contributed by atoms with Crippen LogP contribution in [0.4, 0.5) is 0 Å². The zero-order chi connectivity index (χ0) is 13.7. The van der Waals surface area contributed by atoms with Crippen LogP contribution in [0.2, 0.25) is 0 Å². The van der Waals surface area contributed by atoms with Crippen molar-refractivity contribution in [3.63, 3.8) is 0 Å². The van der Waals surface area contributed by atoms with Crippen molar-refractivity contribution in [1.82, 2.24) is 5.32 Å². The van der Waals surface area contributed by atoms with Crippen molar-refractivity contribution in [3.05, 3.63) is 24.3 Å². The molecule has 1 aromatic carbocycles. The van der Waals surface area contributed by atoms with Crippen molar-refractivity contribution in [2.24, 2.45) is 0 Å². The van der Waals surface area contributed by atoms with Gasteiger partial charge in [-0.3, -0.25) is 0 Å². The summed E-state index contributed by atoms with van der Waals surface area (Å²) < 4.78 is 6.38. The molecule has 0 amide bonds. The molecule has 0 atom stereocenters. The SMILES string of the molecule is CSc1ccccc1OC1(CCNC(C)C)CCC1. The lowest BCUT2D eigenvalue weighted by molar-refractivity contribution is -0.0167. The summed E-state index contributed by atoms with van der Waals surface area (Å²) >= 11 is 1.76. The van der Waals surface area contributed by atoms with Crippen LogP contribution in [0.3, 0.4) is 0 Å². The molecule has 0 bridgehead atoms. The zero-order valence-corrected chi connectivity index (χ0v) is 13.1. The second-order valence-corrected chi connectivity index (χ2v) is 6.50. The van der Waals surface area contributed by atoms with Gasteiger partial charge >= 0.3 is 0 Å². The first-order chi connectivity index (χ1) is 9.15. The van der Waals surface area contributed by atoms with Gasteiger partial charge in [-0.2, -0.15) is 0 Å². The van der Waals surface area contributed by atoms with Crippen molar-refractivity contribution in [2.45, 2.75) is 56.1 Å².